The van der Waals surface area contributed by atoms with Gasteiger partial charge in [0.25, 0.3) is 0 Å². The Hall–Kier alpha value is -3.30. The van der Waals surface area contributed by atoms with Crippen molar-refractivity contribution in [1.29, 1.82) is 0 Å². The largest absolute Gasteiger partial charge is 0.480 e. The third kappa shape index (κ3) is 4.73. The monoisotopic (exact) mass is 428 g/mol. The average molecular weight is 428 g/mol. The Labute approximate surface area is 177 Å². The van der Waals surface area contributed by atoms with Crippen LogP contribution >= 0.6 is 0 Å². The standard InChI is InChI=1S/C22H22F2N4O3/c23-14-2-1-3-16(10-14)26-20(29)13-27-6-8-28(9-7-27)21(22(30)31)18-12-25-19-11-15(24)4-5-17(18)19/h1-5,10-12,21,25H,6-9,13H2,(H,26,29)(H,30,31)/t21-/m1/s1. The van der Waals surface area contributed by atoms with Gasteiger partial charge in [-0.2, -0.15) is 0 Å². The van der Waals surface area contributed by atoms with Crippen molar-refractivity contribution < 1.29 is 23.5 Å². The van der Waals surface area contributed by atoms with Crippen molar-refractivity contribution in [1.82, 2.24) is 14.8 Å². The second-order valence-corrected chi connectivity index (χ2v) is 7.55. The van der Waals surface area contributed by atoms with E-state index in [0.717, 1.165) is 0 Å². The van der Waals surface area contributed by atoms with E-state index in [1.165, 1.54) is 30.3 Å². The molecule has 9 heteroatoms. The highest BCUT2D eigenvalue weighted by Crippen LogP contribution is 2.30. The highest BCUT2D eigenvalue weighted by molar-refractivity contribution is 5.92. The number of nitrogens with one attached hydrogen (secondary N) is 2. The number of aliphatic carboxylic acids is 1. The van der Waals surface area contributed by atoms with Crippen molar-refractivity contribution in [2.45, 2.75) is 6.04 Å². The number of H-pyrrole nitrogens is 1. The van der Waals surface area contributed by atoms with E-state index >= 15 is 0 Å². The van der Waals surface area contributed by atoms with Crippen molar-refractivity contribution >= 4 is 28.5 Å². The van der Waals surface area contributed by atoms with E-state index in [-0.39, 0.29) is 12.5 Å². The Balaban J connectivity index is 1.39. The number of anilines is 1. The number of carboxylic acid groups (broad SMARTS) is 1. The summed E-state index contributed by atoms with van der Waals surface area (Å²) in [6, 6.07) is 9.05. The van der Waals surface area contributed by atoms with E-state index in [4.69, 9.17) is 0 Å². The van der Waals surface area contributed by atoms with Crippen LogP contribution in [-0.2, 0) is 9.59 Å². The van der Waals surface area contributed by atoms with E-state index in [2.05, 4.69) is 10.3 Å². The molecule has 0 radical (unpaired) electrons. The smallest absolute Gasteiger partial charge is 0.325 e. The Bertz CT molecular complexity index is 1110. The van der Waals surface area contributed by atoms with Gasteiger partial charge in [0.05, 0.1) is 6.54 Å². The highest BCUT2D eigenvalue weighted by Gasteiger charge is 2.32. The number of piperazine rings is 1. The molecule has 0 aliphatic carbocycles. The van der Waals surface area contributed by atoms with Gasteiger partial charge < -0.3 is 15.4 Å². The number of aromatic nitrogens is 1. The molecule has 0 spiro atoms. The third-order valence-electron chi connectivity index (χ3n) is 5.45. The minimum absolute atomic E-state index is 0.133. The number of benzene rings is 2. The molecule has 0 saturated carbocycles. The van der Waals surface area contributed by atoms with Gasteiger partial charge in [0.15, 0.2) is 0 Å². The zero-order chi connectivity index (χ0) is 22.0. The molecular formula is C22H22F2N4O3. The van der Waals surface area contributed by atoms with E-state index in [1.54, 1.807) is 18.3 Å². The first-order chi connectivity index (χ1) is 14.9. The summed E-state index contributed by atoms with van der Waals surface area (Å²) in [6.07, 6.45) is 1.61. The maximum atomic E-state index is 13.5. The van der Waals surface area contributed by atoms with Gasteiger partial charge in [-0.3, -0.25) is 19.4 Å². The van der Waals surface area contributed by atoms with Crippen molar-refractivity contribution in [3.8, 4) is 0 Å². The molecule has 1 aromatic heterocycles. The molecule has 3 N–H and O–H groups in total. The molecule has 4 rings (SSSR count). The lowest BCUT2D eigenvalue weighted by atomic mass is 10.0. The minimum Gasteiger partial charge on any atom is -0.480 e. The van der Waals surface area contributed by atoms with Gasteiger partial charge in [0.2, 0.25) is 5.91 Å². The maximum absolute atomic E-state index is 13.5. The first-order valence-corrected chi connectivity index (χ1v) is 9.92. The predicted octanol–water partition coefficient (Wildman–Crippen LogP) is 2.83. The Morgan fingerprint density at radius 1 is 1.06 bits per heavy atom. The molecule has 1 saturated heterocycles. The number of nitrogens with zero attached hydrogens (tertiary/aromatic N) is 2. The molecule has 162 valence electrons. The van der Waals surface area contributed by atoms with Gasteiger partial charge >= 0.3 is 5.97 Å². The average Bonchev–Trinajstić information content (AvgIpc) is 3.11. The van der Waals surface area contributed by atoms with Crippen LogP contribution in [0.5, 0.6) is 0 Å². The van der Waals surface area contributed by atoms with Crippen LogP contribution in [0.25, 0.3) is 10.9 Å². The minimum atomic E-state index is -0.984. The van der Waals surface area contributed by atoms with Crippen LogP contribution in [0.15, 0.2) is 48.7 Å². The Morgan fingerprint density at radius 2 is 1.81 bits per heavy atom. The number of hydrogen-bond donors (Lipinski definition) is 3. The SMILES string of the molecule is O=C(CN1CCN([C@@H](C(=O)O)c2c[nH]c3cc(F)ccc23)CC1)Nc1cccc(F)c1. The zero-order valence-electron chi connectivity index (χ0n) is 16.6. The summed E-state index contributed by atoms with van der Waals surface area (Å²) in [7, 11) is 0. The second kappa shape index (κ2) is 8.83. The lowest BCUT2D eigenvalue weighted by Crippen LogP contribution is -2.50. The normalized spacial score (nSPS) is 16.3. The molecule has 0 unspecified atom stereocenters. The van der Waals surface area contributed by atoms with Gasteiger partial charge in [-0.15, -0.1) is 0 Å². The molecule has 1 aliphatic rings. The molecule has 2 aromatic carbocycles. The summed E-state index contributed by atoms with van der Waals surface area (Å²) in [5, 5.41) is 13.2. The number of hydrogen-bond acceptors (Lipinski definition) is 4. The number of aromatic amines is 1. The molecule has 31 heavy (non-hydrogen) atoms. The Kier molecular flexibility index (Phi) is 5.97. The van der Waals surface area contributed by atoms with E-state index in [9.17, 15) is 23.5 Å². The molecular weight excluding hydrogens is 406 g/mol. The van der Waals surface area contributed by atoms with Gasteiger partial charge in [0.1, 0.15) is 17.7 Å². The summed E-state index contributed by atoms with van der Waals surface area (Å²) in [6.45, 7) is 2.07. The van der Waals surface area contributed by atoms with Crippen LogP contribution in [-0.4, -0.2) is 64.5 Å². The number of rotatable bonds is 6. The van der Waals surface area contributed by atoms with Crippen LogP contribution in [0.2, 0.25) is 0 Å². The molecule has 2 heterocycles. The number of carbonyl (C=O) groups is 2. The zero-order valence-corrected chi connectivity index (χ0v) is 16.6. The number of fused-ring (bicyclic) bond motifs is 1. The summed E-state index contributed by atoms with van der Waals surface area (Å²) < 4.78 is 26.7. The first kappa shape index (κ1) is 21.0. The van der Waals surface area contributed by atoms with Gasteiger partial charge in [0, 0.05) is 54.5 Å². The number of carbonyl (C=O) groups excluding carboxylic acids is 1. The maximum Gasteiger partial charge on any atom is 0.325 e. The van der Waals surface area contributed by atoms with Crippen LogP contribution in [0.3, 0.4) is 0 Å². The van der Waals surface area contributed by atoms with Crippen LogP contribution in [0, 0.1) is 11.6 Å². The topological polar surface area (TPSA) is 88.7 Å². The first-order valence-electron chi connectivity index (χ1n) is 9.92. The predicted molar refractivity (Wildman–Crippen MR) is 112 cm³/mol. The Morgan fingerprint density at radius 3 is 2.52 bits per heavy atom. The highest BCUT2D eigenvalue weighted by atomic mass is 19.1. The van der Waals surface area contributed by atoms with E-state index in [1.807, 2.05) is 9.80 Å². The second-order valence-electron chi connectivity index (χ2n) is 7.55. The van der Waals surface area contributed by atoms with Gasteiger partial charge in [-0.05, 0) is 36.4 Å². The number of carboxylic acids is 1. The lowest BCUT2D eigenvalue weighted by molar-refractivity contribution is -0.144. The molecule has 1 aliphatic heterocycles. The van der Waals surface area contributed by atoms with Gasteiger partial charge in [-0.1, -0.05) is 6.07 Å². The molecule has 1 fully saturated rings. The number of halogens is 2. The van der Waals surface area contributed by atoms with Gasteiger partial charge in [-0.25, -0.2) is 8.78 Å². The van der Waals surface area contributed by atoms with Crippen LogP contribution in [0.4, 0.5) is 14.5 Å². The fourth-order valence-electron chi connectivity index (χ4n) is 3.98. The van der Waals surface area contributed by atoms with Crippen molar-refractivity contribution in [3.05, 3.63) is 65.9 Å². The van der Waals surface area contributed by atoms with Crippen molar-refractivity contribution in [3.63, 3.8) is 0 Å². The van der Waals surface area contributed by atoms with Crippen LogP contribution < -0.4 is 5.32 Å². The molecule has 1 amide bonds. The quantitative estimate of drug-likeness (QED) is 0.562. The van der Waals surface area contributed by atoms with E-state index < -0.39 is 23.6 Å². The third-order valence-corrected chi connectivity index (χ3v) is 5.45. The molecule has 0 bridgehead atoms. The molecule has 3 aromatic rings. The summed E-state index contributed by atoms with van der Waals surface area (Å²) >= 11 is 0. The van der Waals surface area contributed by atoms with Crippen LogP contribution in [0.1, 0.15) is 11.6 Å². The molecule has 7 nitrogen and oxygen atoms in total. The van der Waals surface area contributed by atoms with Crippen molar-refractivity contribution in [2.24, 2.45) is 0 Å². The molecule has 1 atom stereocenters. The fraction of sp³-hybridized carbons (Fsp3) is 0.273. The van der Waals surface area contributed by atoms with E-state index in [0.29, 0.717) is 48.3 Å². The number of amides is 1. The summed E-state index contributed by atoms with van der Waals surface area (Å²) in [5.74, 6) is -2.06. The fourth-order valence-corrected chi connectivity index (χ4v) is 3.98. The summed E-state index contributed by atoms with van der Waals surface area (Å²) in [4.78, 5) is 31.0. The lowest BCUT2D eigenvalue weighted by Gasteiger charge is -2.37. The van der Waals surface area contributed by atoms with Crippen molar-refractivity contribution in [2.75, 3.05) is 38.0 Å². The summed E-state index contributed by atoms with van der Waals surface area (Å²) in [5.41, 5.74) is 1.53.